The van der Waals surface area contributed by atoms with Gasteiger partial charge in [0.1, 0.15) is 6.61 Å². The molecule has 188 valence electrons. The zero-order valence-corrected chi connectivity index (χ0v) is 20.8. The molecule has 3 amide bonds. The van der Waals surface area contributed by atoms with Crippen molar-refractivity contribution in [3.63, 3.8) is 0 Å². The molecule has 0 atom stereocenters. The first-order valence-electron chi connectivity index (χ1n) is 10.9. The summed E-state index contributed by atoms with van der Waals surface area (Å²) >= 11 is 0. The zero-order chi connectivity index (χ0) is 25.8. The molecule has 0 aliphatic rings. The van der Waals surface area contributed by atoms with Crippen molar-refractivity contribution in [2.24, 2.45) is 0 Å². The standard InChI is InChI=1S/C24H35N3O7/c1-14(2)24(31)34-13-12-33-11-10-32-9-8-25-23(30)20-15(3)21(26-18(6)28)17(5)22(16(20)4)27-19(7)29/h1,8-13H2,2-7H3,(H,25,30)(H,26,28)(H,27,29). The van der Waals surface area contributed by atoms with Crippen molar-refractivity contribution in [3.8, 4) is 0 Å². The van der Waals surface area contributed by atoms with Gasteiger partial charge in [0.15, 0.2) is 0 Å². The first-order valence-corrected chi connectivity index (χ1v) is 10.9. The topological polar surface area (TPSA) is 132 Å². The van der Waals surface area contributed by atoms with Gasteiger partial charge in [-0.2, -0.15) is 0 Å². The molecule has 0 saturated carbocycles. The molecule has 0 radical (unpaired) electrons. The Hall–Kier alpha value is -3.24. The van der Waals surface area contributed by atoms with Crippen LogP contribution in [-0.2, 0) is 28.6 Å². The summed E-state index contributed by atoms with van der Waals surface area (Å²) < 4.78 is 15.7. The summed E-state index contributed by atoms with van der Waals surface area (Å²) in [5.74, 6) is -1.35. The van der Waals surface area contributed by atoms with Gasteiger partial charge in [-0.1, -0.05) is 6.58 Å². The van der Waals surface area contributed by atoms with Gasteiger partial charge in [0.05, 0.1) is 26.4 Å². The average Bonchev–Trinajstić information content (AvgIpc) is 2.75. The molecule has 10 nitrogen and oxygen atoms in total. The van der Waals surface area contributed by atoms with Crippen LogP contribution in [0.5, 0.6) is 0 Å². The van der Waals surface area contributed by atoms with Crippen LogP contribution in [0.2, 0.25) is 0 Å². The largest absolute Gasteiger partial charge is 0.460 e. The van der Waals surface area contributed by atoms with Crippen LogP contribution in [0, 0.1) is 20.8 Å². The van der Waals surface area contributed by atoms with Gasteiger partial charge in [0.2, 0.25) is 11.8 Å². The van der Waals surface area contributed by atoms with E-state index in [9.17, 15) is 19.2 Å². The molecular weight excluding hydrogens is 442 g/mol. The van der Waals surface area contributed by atoms with E-state index in [2.05, 4.69) is 22.5 Å². The Labute approximate surface area is 200 Å². The van der Waals surface area contributed by atoms with E-state index in [0.29, 0.717) is 52.4 Å². The van der Waals surface area contributed by atoms with Crippen molar-refractivity contribution in [3.05, 3.63) is 34.4 Å². The first-order chi connectivity index (χ1) is 16.0. The number of esters is 1. The van der Waals surface area contributed by atoms with Gasteiger partial charge in [0.25, 0.3) is 5.91 Å². The Morgan fingerprint density at radius 3 is 1.68 bits per heavy atom. The van der Waals surface area contributed by atoms with Crippen LogP contribution in [0.4, 0.5) is 11.4 Å². The lowest BCUT2D eigenvalue weighted by molar-refractivity contribution is -0.140. The summed E-state index contributed by atoms with van der Waals surface area (Å²) in [6.07, 6.45) is 0. The van der Waals surface area contributed by atoms with Gasteiger partial charge in [0, 0.05) is 42.9 Å². The summed E-state index contributed by atoms with van der Waals surface area (Å²) in [5, 5.41) is 8.31. The quantitative estimate of drug-likeness (QED) is 0.226. The molecule has 0 heterocycles. The monoisotopic (exact) mass is 477 g/mol. The summed E-state index contributed by atoms with van der Waals surface area (Å²) in [6, 6.07) is 0. The Balaban J connectivity index is 2.61. The molecule has 3 N–H and O–H groups in total. The minimum absolute atomic E-state index is 0.137. The number of rotatable bonds is 13. The predicted molar refractivity (Wildman–Crippen MR) is 129 cm³/mol. The maximum atomic E-state index is 12.9. The maximum absolute atomic E-state index is 12.9. The van der Waals surface area contributed by atoms with E-state index >= 15 is 0 Å². The molecule has 0 bridgehead atoms. The second-order valence-electron chi connectivity index (χ2n) is 7.76. The van der Waals surface area contributed by atoms with E-state index in [1.807, 2.05) is 0 Å². The van der Waals surface area contributed by atoms with Gasteiger partial charge in [-0.05, 0) is 44.4 Å². The number of anilines is 2. The highest BCUT2D eigenvalue weighted by molar-refractivity contribution is 6.05. The molecule has 1 aromatic rings. The van der Waals surface area contributed by atoms with Crippen LogP contribution in [0.25, 0.3) is 0 Å². The van der Waals surface area contributed by atoms with Crippen molar-refractivity contribution in [2.75, 3.05) is 50.2 Å². The number of nitrogens with one attached hydrogen (secondary N) is 3. The lowest BCUT2D eigenvalue weighted by Crippen LogP contribution is -2.30. The molecule has 0 aliphatic heterocycles. The van der Waals surface area contributed by atoms with E-state index in [1.54, 1.807) is 27.7 Å². The van der Waals surface area contributed by atoms with Crippen molar-refractivity contribution < 1.29 is 33.4 Å². The molecule has 0 aromatic heterocycles. The van der Waals surface area contributed by atoms with Crippen LogP contribution in [0.15, 0.2) is 12.2 Å². The Morgan fingerprint density at radius 1 is 0.735 bits per heavy atom. The number of hydrogen-bond acceptors (Lipinski definition) is 7. The molecule has 10 heteroatoms. The van der Waals surface area contributed by atoms with E-state index < -0.39 is 5.97 Å². The van der Waals surface area contributed by atoms with Crippen LogP contribution in [0.3, 0.4) is 0 Å². The second kappa shape index (κ2) is 14.1. The van der Waals surface area contributed by atoms with Crippen LogP contribution in [-0.4, -0.2) is 63.3 Å². The van der Waals surface area contributed by atoms with E-state index in [0.717, 1.165) is 0 Å². The highest BCUT2D eigenvalue weighted by atomic mass is 16.6. The van der Waals surface area contributed by atoms with Gasteiger partial charge in [-0.25, -0.2) is 4.79 Å². The fourth-order valence-electron chi connectivity index (χ4n) is 3.25. The first kappa shape index (κ1) is 28.8. The van der Waals surface area contributed by atoms with E-state index in [4.69, 9.17) is 14.2 Å². The smallest absolute Gasteiger partial charge is 0.333 e. The van der Waals surface area contributed by atoms with Crippen LogP contribution < -0.4 is 16.0 Å². The molecule has 34 heavy (non-hydrogen) atoms. The molecule has 0 aliphatic carbocycles. The third-order valence-electron chi connectivity index (χ3n) is 4.79. The third-order valence-corrected chi connectivity index (χ3v) is 4.79. The van der Waals surface area contributed by atoms with Gasteiger partial charge < -0.3 is 30.2 Å². The molecule has 0 unspecified atom stereocenters. The number of amides is 3. The minimum atomic E-state index is -0.456. The fourth-order valence-corrected chi connectivity index (χ4v) is 3.25. The molecule has 1 rings (SSSR count). The summed E-state index contributed by atoms with van der Waals surface area (Å²) in [5.41, 5.74) is 3.60. The summed E-state index contributed by atoms with van der Waals surface area (Å²) in [4.78, 5) is 47.5. The van der Waals surface area contributed by atoms with Crippen molar-refractivity contribution >= 4 is 35.1 Å². The minimum Gasteiger partial charge on any atom is -0.460 e. The third kappa shape index (κ3) is 8.95. The highest BCUT2D eigenvalue weighted by Crippen LogP contribution is 2.35. The lowest BCUT2D eigenvalue weighted by Gasteiger charge is -2.22. The van der Waals surface area contributed by atoms with Gasteiger partial charge >= 0.3 is 5.97 Å². The zero-order valence-electron chi connectivity index (χ0n) is 20.8. The second-order valence-corrected chi connectivity index (χ2v) is 7.76. The molecule has 0 fully saturated rings. The van der Waals surface area contributed by atoms with Crippen LogP contribution in [0.1, 0.15) is 47.8 Å². The van der Waals surface area contributed by atoms with Crippen molar-refractivity contribution in [2.45, 2.75) is 41.5 Å². The van der Waals surface area contributed by atoms with Crippen molar-refractivity contribution in [1.82, 2.24) is 5.32 Å². The normalized spacial score (nSPS) is 10.4. The Kier molecular flexibility index (Phi) is 12.0. The number of carbonyl (C=O) groups excluding carboxylic acids is 4. The van der Waals surface area contributed by atoms with Crippen LogP contribution >= 0.6 is 0 Å². The Morgan fingerprint density at radius 2 is 1.21 bits per heavy atom. The van der Waals surface area contributed by atoms with Gasteiger partial charge in [-0.15, -0.1) is 0 Å². The van der Waals surface area contributed by atoms with Crippen molar-refractivity contribution in [1.29, 1.82) is 0 Å². The van der Waals surface area contributed by atoms with E-state index in [-0.39, 0.29) is 44.1 Å². The predicted octanol–water partition coefficient (Wildman–Crippen LogP) is 2.41. The number of carbonyl (C=O) groups is 4. The number of ether oxygens (including phenoxy) is 3. The summed E-state index contributed by atoms with van der Waals surface area (Å²) in [7, 11) is 0. The SMILES string of the molecule is C=C(C)C(=O)OCCOCCOCCNC(=O)c1c(C)c(NC(C)=O)c(C)c(NC(C)=O)c1C. The number of hydrogen-bond donors (Lipinski definition) is 3. The van der Waals surface area contributed by atoms with E-state index in [1.165, 1.54) is 13.8 Å². The fraction of sp³-hybridized carbons (Fsp3) is 0.500. The maximum Gasteiger partial charge on any atom is 0.333 e. The summed E-state index contributed by atoms with van der Waals surface area (Å²) in [6.45, 7) is 14.6. The molecular formula is C24H35N3O7. The number of benzene rings is 1. The highest BCUT2D eigenvalue weighted by Gasteiger charge is 2.22. The molecule has 1 aromatic carbocycles. The average molecular weight is 478 g/mol. The molecule has 0 spiro atoms. The molecule has 0 saturated heterocycles. The van der Waals surface area contributed by atoms with Gasteiger partial charge in [-0.3, -0.25) is 14.4 Å². The lowest BCUT2D eigenvalue weighted by atomic mass is 9.93. The Bertz CT molecular complexity index is 898.